The summed E-state index contributed by atoms with van der Waals surface area (Å²) in [4.78, 5) is 0.102. The molecule has 1 heterocycles. The van der Waals surface area contributed by atoms with Crippen LogP contribution in [-0.4, -0.2) is 25.3 Å². The lowest BCUT2D eigenvalue weighted by Gasteiger charge is -2.13. The van der Waals surface area contributed by atoms with Crippen LogP contribution in [-0.2, 0) is 10.1 Å². The maximum Gasteiger partial charge on any atom is 0.339 e. The Balaban J connectivity index is 1.95. The third-order valence-electron chi connectivity index (χ3n) is 3.90. The van der Waals surface area contributed by atoms with Crippen molar-refractivity contribution in [2.45, 2.75) is 25.7 Å². The zero-order valence-electron chi connectivity index (χ0n) is 15.1. The van der Waals surface area contributed by atoms with Crippen LogP contribution >= 0.6 is 0 Å². The van der Waals surface area contributed by atoms with Crippen LogP contribution in [0.5, 0.6) is 11.5 Å². The number of rotatable bonds is 5. The third kappa shape index (κ3) is 3.57. The second kappa shape index (κ2) is 6.84. The van der Waals surface area contributed by atoms with Gasteiger partial charge >= 0.3 is 10.1 Å². The zero-order valence-corrected chi connectivity index (χ0v) is 15.9. The highest BCUT2D eigenvalue weighted by Crippen LogP contribution is 2.30. The first-order valence-electron chi connectivity index (χ1n) is 8.03. The predicted molar refractivity (Wildman–Crippen MR) is 98.6 cm³/mol. The number of aromatic nitrogens is 2. The SMILES string of the molecule is COc1cc(OS(=O)(=O)c2ccc(C)cc2)ccc1-n1nc(C)cc1C. The lowest BCUT2D eigenvalue weighted by Crippen LogP contribution is -2.10. The van der Waals surface area contributed by atoms with Gasteiger partial charge in [0, 0.05) is 11.8 Å². The van der Waals surface area contributed by atoms with E-state index in [2.05, 4.69) is 5.10 Å². The van der Waals surface area contributed by atoms with E-state index in [4.69, 9.17) is 8.92 Å². The number of benzene rings is 2. The molecule has 0 amide bonds. The van der Waals surface area contributed by atoms with Crippen LogP contribution in [0.3, 0.4) is 0 Å². The summed E-state index contributed by atoms with van der Waals surface area (Å²) in [7, 11) is -2.40. The monoisotopic (exact) mass is 372 g/mol. The van der Waals surface area contributed by atoms with Crippen molar-refractivity contribution in [2.24, 2.45) is 0 Å². The standard InChI is InChI=1S/C19H20N2O4S/c1-13-5-8-17(9-6-13)26(22,23)25-16-7-10-18(19(12-16)24-4)21-15(3)11-14(2)20-21/h5-12H,1-4H3. The molecular weight excluding hydrogens is 352 g/mol. The van der Waals surface area contributed by atoms with Crippen molar-refractivity contribution in [1.29, 1.82) is 0 Å². The second-order valence-corrected chi connectivity index (χ2v) is 7.57. The first kappa shape index (κ1) is 18.0. The van der Waals surface area contributed by atoms with Crippen LogP contribution in [0.25, 0.3) is 5.69 Å². The molecule has 3 rings (SSSR count). The van der Waals surface area contributed by atoms with E-state index in [0.29, 0.717) is 11.4 Å². The van der Waals surface area contributed by atoms with Crippen LogP contribution in [0.2, 0.25) is 0 Å². The Morgan fingerprint density at radius 2 is 1.65 bits per heavy atom. The quantitative estimate of drug-likeness (QED) is 0.640. The van der Waals surface area contributed by atoms with E-state index in [1.807, 2.05) is 26.8 Å². The molecule has 0 atom stereocenters. The van der Waals surface area contributed by atoms with E-state index >= 15 is 0 Å². The number of aryl methyl sites for hydroxylation is 3. The number of hydrogen-bond acceptors (Lipinski definition) is 5. The molecule has 1 aromatic heterocycles. The molecule has 0 fully saturated rings. The van der Waals surface area contributed by atoms with E-state index < -0.39 is 10.1 Å². The summed E-state index contributed by atoms with van der Waals surface area (Å²) in [5.41, 5.74) is 3.51. The molecule has 3 aromatic rings. The molecule has 0 spiro atoms. The van der Waals surface area contributed by atoms with E-state index in [1.54, 1.807) is 28.9 Å². The smallest absolute Gasteiger partial charge is 0.339 e. The molecule has 0 saturated carbocycles. The predicted octanol–water partition coefficient (Wildman–Crippen LogP) is 3.57. The molecular formula is C19H20N2O4S. The van der Waals surface area contributed by atoms with Gasteiger partial charge in [0.05, 0.1) is 12.8 Å². The minimum Gasteiger partial charge on any atom is -0.494 e. The minimum absolute atomic E-state index is 0.102. The first-order chi connectivity index (χ1) is 12.3. The average Bonchev–Trinajstić information content (AvgIpc) is 2.93. The maximum absolute atomic E-state index is 12.4. The number of hydrogen-bond donors (Lipinski definition) is 0. The Morgan fingerprint density at radius 1 is 0.962 bits per heavy atom. The Kier molecular flexibility index (Phi) is 4.73. The summed E-state index contributed by atoms with van der Waals surface area (Å²) in [5, 5.41) is 4.43. The van der Waals surface area contributed by atoms with E-state index in [0.717, 1.165) is 17.0 Å². The van der Waals surface area contributed by atoms with Gasteiger partial charge in [-0.15, -0.1) is 0 Å². The van der Waals surface area contributed by atoms with Crippen LogP contribution in [0.1, 0.15) is 17.0 Å². The molecule has 0 radical (unpaired) electrons. The molecule has 0 N–H and O–H groups in total. The van der Waals surface area contributed by atoms with Crippen molar-refractivity contribution in [3.63, 3.8) is 0 Å². The highest BCUT2D eigenvalue weighted by molar-refractivity contribution is 7.87. The van der Waals surface area contributed by atoms with Crippen molar-refractivity contribution in [1.82, 2.24) is 9.78 Å². The molecule has 7 heteroatoms. The van der Waals surface area contributed by atoms with E-state index in [-0.39, 0.29) is 10.6 Å². The molecule has 6 nitrogen and oxygen atoms in total. The first-order valence-corrected chi connectivity index (χ1v) is 9.44. The Bertz CT molecular complexity index is 1040. The fourth-order valence-electron chi connectivity index (χ4n) is 2.64. The van der Waals surface area contributed by atoms with Gasteiger partial charge in [0.25, 0.3) is 0 Å². The zero-order chi connectivity index (χ0) is 18.9. The summed E-state index contributed by atoms with van der Waals surface area (Å²) >= 11 is 0. The molecule has 136 valence electrons. The normalized spacial score (nSPS) is 11.4. The van der Waals surface area contributed by atoms with Gasteiger partial charge in [0.15, 0.2) is 0 Å². The van der Waals surface area contributed by atoms with Crippen LogP contribution < -0.4 is 8.92 Å². The highest BCUT2D eigenvalue weighted by atomic mass is 32.2. The largest absolute Gasteiger partial charge is 0.494 e. The number of methoxy groups -OCH3 is 1. The number of ether oxygens (including phenoxy) is 1. The van der Waals surface area contributed by atoms with Crippen molar-refractivity contribution in [3.05, 3.63) is 65.5 Å². The van der Waals surface area contributed by atoms with Crippen molar-refractivity contribution in [2.75, 3.05) is 7.11 Å². The average molecular weight is 372 g/mol. The van der Waals surface area contributed by atoms with Crippen molar-refractivity contribution >= 4 is 10.1 Å². The molecule has 0 aliphatic carbocycles. The van der Waals surface area contributed by atoms with Gasteiger partial charge in [-0.05, 0) is 51.1 Å². The Labute approximate surface area is 153 Å². The molecule has 0 unspecified atom stereocenters. The van der Waals surface area contributed by atoms with Gasteiger partial charge in [-0.1, -0.05) is 17.7 Å². The van der Waals surface area contributed by atoms with Crippen LogP contribution in [0.4, 0.5) is 0 Å². The maximum atomic E-state index is 12.4. The fourth-order valence-corrected chi connectivity index (χ4v) is 3.56. The fraction of sp³-hybridized carbons (Fsp3) is 0.211. The summed E-state index contributed by atoms with van der Waals surface area (Å²) in [6.07, 6.45) is 0. The summed E-state index contributed by atoms with van der Waals surface area (Å²) in [6.45, 7) is 5.73. The third-order valence-corrected chi connectivity index (χ3v) is 5.17. The van der Waals surface area contributed by atoms with Gasteiger partial charge in [-0.2, -0.15) is 13.5 Å². The lowest BCUT2D eigenvalue weighted by atomic mass is 10.2. The Hall–Kier alpha value is -2.80. The summed E-state index contributed by atoms with van der Waals surface area (Å²) in [5.74, 6) is 0.639. The van der Waals surface area contributed by atoms with Gasteiger partial charge < -0.3 is 8.92 Å². The Morgan fingerprint density at radius 3 is 2.23 bits per heavy atom. The number of nitrogens with zero attached hydrogens (tertiary/aromatic N) is 2. The van der Waals surface area contributed by atoms with E-state index in [9.17, 15) is 8.42 Å². The minimum atomic E-state index is -3.91. The van der Waals surface area contributed by atoms with Gasteiger partial charge in [-0.25, -0.2) is 4.68 Å². The second-order valence-electron chi connectivity index (χ2n) is 6.02. The van der Waals surface area contributed by atoms with E-state index in [1.165, 1.54) is 25.3 Å². The van der Waals surface area contributed by atoms with Gasteiger partial charge in [0.1, 0.15) is 22.1 Å². The lowest BCUT2D eigenvalue weighted by molar-refractivity contribution is 0.408. The molecule has 0 bridgehead atoms. The van der Waals surface area contributed by atoms with Crippen molar-refractivity contribution < 1.29 is 17.3 Å². The molecule has 0 aliphatic rings. The van der Waals surface area contributed by atoms with Gasteiger partial charge in [0.2, 0.25) is 0 Å². The molecule has 0 aliphatic heterocycles. The van der Waals surface area contributed by atoms with Gasteiger partial charge in [-0.3, -0.25) is 0 Å². The van der Waals surface area contributed by atoms with Crippen LogP contribution in [0, 0.1) is 20.8 Å². The topological polar surface area (TPSA) is 70.4 Å². The van der Waals surface area contributed by atoms with Crippen LogP contribution in [0.15, 0.2) is 53.4 Å². The molecule has 26 heavy (non-hydrogen) atoms. The summed E-state index contributed by atoms with van der Waals surface area (Å²) < 4.78 is 37.3. The van der Waals surface area contributed by atoms with Crippen molar-refractivity contribution in [3.8, 4) is 17.2 Å². The molecule has 0 saturated heterocycles. The summed E-state index contributed by atoms with van der Waals surface area (Å²) in [6, 6.07) is 13.3. The highest BCUT2D eigenvalue weighted by Gasteiger charge is 2.18. The molecule has 2 aromatic carbocycles.